The quantitative estimate of drug-likeness (QED) is 0.295. The Bertz CT molecular complexity index is 1620. The number of ether oxygens (including phenoxy) is 3. The first-order valence-electron chi connectivity index (χ1n) is 14.0. The number of aromatic nitrogens is 1. The van der Waals surface area contributed by atoms with Gasteiger partial charge in [0.05, 0.1) is 37.5 Å². The van der Waals surface area contributed by atoms with Crippen LogP contribution in [0.15, 0.2) is 95.7 Å². The Balaban J connectivity index is 1.83. The van der Waals surface area contributed by atoms with Crippen molar-refractivity contribution in [3.8, 4) is 5.75 Å². The average Bonchev–Trinajstić information content (AvgIpc) is 3.01. The minimum Gasteiger partial charge on any atom is -0.497 e. The highest BCUT2D eigenvalue weighted by Crippen LogP contribution is 2.52. The van der Waals surface area contributed by atoms with E-state index in [1.165, 1.54) is 36.4 Å². The molecule has 2 heterocycles. The van der Waals surface area contributed by atoms with E-state index in [1.54, 1.807) is 62.5 Å². The van der Waals surface area contributed by atoms with Crippen LogP contribution in [0.2, 0.25) is 0 Å². The van der Waals surface area contributed by atoms with E-state index in [-0.39, 0.29) is 42.3 Å². The van der Waals surface area contributed by atoms with Crippen LogP contribution in [0.25, 0.3) is 0 Å². The fraction of sp³-hybridized carbons (Fsp3) is 0.273. The van der Waals surface area contributed by atoms with Gasteiger partial charge in [-0.25, -0.2) is 9.18 Å². The van der Waals surface area contributed by atoms with Gasteiger partial charge in [-0.1, -0.05) is 30.3 Å². The van der Waals surface area contributed by atoms with Crippen molar-refractivity contribution in [3.63, 3.8) is 0 Å². The second kappa shape index (κ2) is 12.5. The summed E-state index contributed by atoms with van der Waals surface area (Å²) in [6, 6.07) is 16.4. The number of ketones is 1. The Kier molecular flexibility index (Phi) is 8.56. The predicted molar refractivity (Wildman–Crippen MR) is 156 cm³/mol. The first kappa shape index (κ1) is 29.5. The van der Waals surface area contributed by atoms with Crippen molar-refractivity contribution in [1.82, 2.24) is 4.98 Å². The Morgan fingerprint density at radius 3 is 2.44 bits per heavy atom. The number of Topliss-reactive ketones (excluding diaryl/α,β-unsaturated/α-hetero) is 1. The molecule has 2 aliphatic rings. The van der Waals surface area contributed by atoms with Crippen LogP contribution in [0.3, 0.4) is 0 Å². The normalized spacial score (nSPS) is 20.0. The fourth-order valence-corrected chi connectivity index (χ4v) is 5.91. The van der Waals surface area contributed by atoms with Crippen LogP contribution >= 0.6 is 0 Å². The SMILES string of the molecule is CCOC(=O)C1=C(N)N(c2ccccc2F)C2=C(C(=O)[C@H](C(=O)OCC)[C@@H](c3cccc(OC)c3)C2)[C@@H]1c1cccnc1. The fourth-order valence-electron chi connectivity index (χ4n) is 5.91. The van der Waals surface area contributed by atoms with Crippen LogP contribution in [-0.2, 0) is 23.9 Å². The summed E-state index contributed by atoms with van der Waals surface area (Å²) in [6.45, 7) is 3.42. The maximum absolute atomic E-state index is 15.5. The van der Waals surface area contributed by atoms with E-state index < -0.39 is 41.3 Å². The van der Waals surface area contributed by atoms with Crippen molar-refractivity contribution in [3.05, 3.63) is 113 Å². The minimum absolute atomic E-state index is 0.0400. The molecule has 0 spiro atoms. The third kappa shape index (κ3) is 5.36. The zero-order chi connectivity index (χ0) is 30.7. The van der Waals surface area contributed by atoms with E-state index in [0.29, 0.717) is 22.6 Å². The molecule has 0 amide bonds. The molecule has 1 aliphatic carbocycles. The van der Waals surface area contributed by atoms with Gasteiger partial charge in [0.2, 0.25) is 0 Å². The van der Waals surface area contributed by atoms with Crippen LogP contribution in [0.1, 0.15) is 43.2 Å². The number of carbonyl (C=O) groups excluding carboxylic acids is 3. The molecule has 0 fully saturated rings. The van der Waals surface area contributed by atoms with Gasteiger partial charge in [-0.2, -0.15) is 0 Å². The van der Waals surface area contributed by atoms with E-state index in [2.05, 4.69) is 4.98 Å². The van der Waals surface area contributed by atoms with Gasteiger partial charge in [0.15, 0.2) is 5.78 Å². The average molecular weight is 586 g/mol. The second-order valence-corrected chi connectivity index (χ2v) is 10.1. The van der Waals surface area contributed by atoms with E-state index >= 15 is 4.39 Å². The number of benzene rings is 2. The number of esters is 2. The van der Waals surface area contributed by atoms with Crippen molar-refractivity contribution in [2.75, 3.05) is 25.2 Å². The summed E-state index contributed by atoms with van der Waals surface area (Å²) < 4.78 is 31.7. The van der Waals surface area contributed by atoms with Crippen molar-refractivity contribution in [2.45, 2.75) is 32.1 Å². The number of hydrogen-bond donors (Lipinski definition) is 1. The molecule has 0 radical (unpaired) electrons. The Morgan fingerprint density at radius 2 is 1.77 bits per heavy atom. The summed E-state index contributed by atoms with van der Waals surface area (Å²) in [5, 5.41) is 0. The molecule has 222 valence electrons. The highest BCUT2D eigenvalue weighted by atomic mass is 19.1. The number of methoxy groups -OCH3 is 1. The number of nitrogens with two attached hydrogens (primary N) is 1. The standard InChI is InChI=1S/C33H32FN3O6/c1-4-42-32(39)27-22(19-10-8-12-21(16-19)41-3)17-25-28(30(27)38)26(20-11-9-15-36-18-20)29(33(40)43-5-2)31(35)37(25)24-14-7-6-13-23(24)34/h6-16,18,22,26-27H,4-5,17,35H2,1-3H3/t22-,26+,27-/m1/s1. The summed E-state index contributed by atoms with van der Waals surface area (Å²) in [4.78, 5) is 47.5. The van der Waals surface area contributed by atoms with Crippen LogP contribution < -0.4 is 15.4 Å². The second-order valence-electron chi connectivity index (χ2n) is 10.1. The molecular formula is C33H32FN3O6. The van der Waals surface area contributed by atoms with Crippen LogP contribution in [-0.4, -0.2) is 43.0 Å². The lowest BCUT2D eigenvalue weighted by Gasteiger charge is -2.44. The number of nitrogens with zero attached hydrogens (tertiary/aromatic N) is 2. The largest absolute Gasteiger partial charge is 0.497 e. The van der Waals surface area contributed by atoms with Gasteiger partial charge in [-0.3, -0.25) is 19.5 Å². The summed E-state index contributed by atoms with van der Waals surface area (Å²) in [5.41, 5.74) is 8.41. The van der Waals surface area contributed by atoms with E-state index in [9.17, 15) is 14.4 Å². The Labute approximate surface area is 248 Å². The maximum atomic E-state index is 15.5. The van der Waals surface area contributed by atoms with Crippen LogP contribution in [0.5, 0.6) is 5.75 Å². The van der Waals surface area contributed by atoms with Gasteiger partial charge in [0.25, 0.3) is 0 Å². The molecule has 9 nitrogen and oxygen atoms in total. The number of pyridine rings is 1. The molecule has 10 heteroatoms. The van der Waals surface area contributed by atoms with Gasteiger partial charge in [-0.05, 0) is 61.7 Å². The molecule has 43 heavy (non-hydrogen) atoms. The number of rotatable bonds is 8. The first-order chi connectivity index (χ1) is 20.8. The third-order valence-electron chi connectivity index (χ3n) is 7.71. The molecule has 0 saturated carbocycles. The molecule has 1 aliphatic heterocycles. The lowest BCUT2D eigenvalue weighted by molar-refractivity contribution is -0.152. The van der Waals surface area contributed by atoms with E-state index in [4.69, 9.17) is 19.9 Å². The third-order valence-corrected chi connectivity index (χ3v) is 7.71. The van der Waals surface area contributed by atoms with Crippen LogP contribution in [0, 0.1) is 11.7 Å². The summed E-state index contributed by atoms with van der Waals surface area (Å²) >= 11 is 0. The van der Waals surface area contributed by atoms with E-state index in [1.807, 2.05) is 0 Å². The van der Waals surface area contributed by atoms with Crippen molar-refractivity contribution >= 4 is 23.4 Å². The highest BCUT2D eigenvalue weighted by Gasteiger charge is 2.51. The van der Waals surface area contributed by atoms with Gasteiger partial charge >= 0.3 is 11.9 Å². The molecule has 5 rings (SSSR count). The zero-order valence-corrected chi connectivity index (χ0v) is 24.1. The van der Waals surface area contributed by atoms with Crippen molar-refractivity contribution < 1.29 is 33.0 Å². The number of carbonyl (C=O) groups is 3. The summed E-state index contributed by atoms with van der Waals surface area (Å²) in [5.74, 6) is -5.16. The van der Waals surface area contributed by atoms with Gasteiger partial charge < -0.3 is 19.9 Å². The lowest BCUT2D eigenvalue weighted by atomic mass is 9.67. The number of hydrogen-bond acceptors (Lipinski definition) is 9. The molecule has 2 aromatic carbocycles. The monoisotopic (exact) mass is 585 g/mol. The Hall–Kier alpha value is -4.99. The summed E-state index contributed by atoms with van der Waals surface area (Å²) in [7, 11) is 1.52. The molecule has 0 bridgehead atoms. The van der Waals surface area contributed by atoms with Crippen LogP contribution in [0.4, 0.5) is 10.1 Å². The smallest absolute Gasteiger partial charge is 0.338 e. The molecule has 1 aromatic heterocycles. The lowest BCUT2D eigenvalue weighted by Crippen LogP contribution is -2.46. The molecule has 3 aromatic rings. The molecule has 0 saturated heterocycles. The van der Waals surface area contributed by atoms with Crippen molar-refractivity contribution in [2.24, 2.45) is 11.7 Å². The number of allylic oxidation sites excluding steroid dienone is 2. The predicted octanol–water partition coefficient (Wildman–Crippen LogP) is 4.76. The number of halogens is 1. The molecule has 0 unspecified atom stereocenters. The van der Waals surface area contributed by atoms with E-state index in [0.717, 1.165) is 0 Å². The van der Waals surface area contributed by atoms with Gasteiger partial charge in [0, 0.05) is 29.6 Å². The molecular weight excluding hydrogens is 553 g/mol. The van der Waals surface area contributed by atoms with Crippen molar-refractivity contribution in [1.29, 1.82) is 0 Å². The zero-order valence-electron chi connectivity index (χ0n) is 24.1. The summed E-state index contributed by atoms with van der Waals surface area (Å²) in [6.07, 6.45) is 3.19. The first-order valence-corrected chi connectivity index (χ1v) is 14.0. The van der Waals surface area contributed by atoms with Gasteiger partial charge in [0.1, 0.15) is 23.3 Å². The maximum Gasteiger partial charge on any atom is 0.338 e. The highest BCUT2D eigenvalue weighted by molar-refractivity contribution is 6.14. The van der Waals surface area contributed by atoms with Gasteiger partial charge in [-0.15, -0.1) is 0 Å². The minimum atomic E-state index is -1.25. The molecule has 2 N–H and O–H groups in total. The Morgan fingerprint density at radius 1 is 1.02 bits per heavy atom. The number of anilines is 1. The topological polar surface area (TPSA) is 121 Å². The number of para-hydroxylation sites is 1. The molecule has 3 atom stereocenters.